The Bertz CT molecular complexity index is 1010. The molecule has 0 aliphatic rings. The number of para-hydroxylation sites is 1. The average Bonchev–Trinajstić information content (AvgIpc) is 3.10. The number of aromatic nitrogens is 1. The maximum absolute atomic E-state index is 5.42. The number of aromatic amines is 1. The van der Waals surface area contributed by atoms with Gasteiger partial charge in [-0.2, -0.15) is 0 Å². The molecule has 0 radical (unpaired) electrons. The molecule has 0 saturated carbocycles. The molecule has 0 aliphatic heterocycles. The highest BCUT2D eigenvalue weighted by Crippen LogP contribution is 2.38. The largest absolute Gasteiger partial charge is 0.493 e. The zero-order valence-electron chi connectivity index (χ0n) is 18.7. The van der Waals surface area contributed by atoms with E-state index in [-0.39, 0.29) is 24.0 Å². The Morgan fingerprint density at radius 2 is 1.68 bits per heavy atom. The van der Waals surface area contributed by atoms with E-state index in [9.17, 15) is 0 Å². The summed E-state index contributed by atoms with van der Waals surface area (Å²) in [5, 5.41) is 8.00. The van der Waals surface area contributed by atoms with Gasteiger partial charge in [0.1, 0.15) is 0 Å². The van der Waals surface area contributed by atoms with Crippen LogP contribution in [0.25, 0.3) is 10.9 Å². The number of nitrogens with zero attached hydrogens (tertiary/aromatic N) is 1. The fourth-order valence-electron chi connectivity index (χ4n) is 3.61. The summed E-state index contributed by atoms with van der Waals surface area (Å²) in [4.78, 5) is 7.77. The summed E-state index contributed by atoms with van der Waals surface area (Å²) in [6.45, 7) is 3.47. The quantitative estimate of drug-likeness (QED) is 0.229. The summed E-state index contributed by atoms with van der Waals surface area (Å²) in [5.41, 5.74) is 4.71. The second-order valence-corrected chi connectivity index (χ2v) is 6.91. The molecule has 2 aromatic carbocycles. The molecule has 1 heterocycles. The van der Waals surface area contributed by atoms with Crippen molar-refractivity contribution in [2.45, 2.75) is 19.9 Å². The topological polar surface area (TPSA) is 79.9 Å². The second kappa shape index (κ2) is 11.7. The van der Waals surface area contributed by atoms with Crippen molar-refractivity contribution < 1.29 is 14.2 Å². The fraction of sp³-hybridized carbons (Fsp3) is 0.348. The third-order valence-corrected chi connectivity index (χ3v) is 5.10. The smallest absolute Gasteiger partial charge is 0.203 e. The van der Waals surface area contributed by atoms with Crippen molar-refractivity contribution in [3.63, 3.8) is 0 Å². The van der Waals surface area contributed by atoms with E-state index in [0.29, 0.717) is 23.8 Å². The number of guanidine groups is 1. The van der Waals surface area contributed by atoms with Crippen LogP contribution in [0.1, 0.15) is 16.8 Å². The lowest BCUT2D eigenvalue weighted by Gasteiger charge is -2.16. The van der Waals surface area contributed by atoms with Gasteiger partial charge in [-0.15, -0.1) is 24.0 Å². The predicted octanol–water partition coefficient (Wildman–Crippen LogP) is 4.03. The van der Waals surface area contributed by atoms with Gasteiger partial charge in [-0.25, -0.2) is 0 Å². The summed E-state index contributed by atoms with van der Waals surface area (Å²) in [6, 6.07) is 12.2. The molecule has 168 valence electrons. The number of benzene rings is 2. The van der Waals surface area contributed by atoms with Gasteiger partial charge in [0.05, 0.1) is 21.3 Å². The minimum absolute atomic E-state index is 0. The average molecular weight is 538 g/mol. The minimum atomic E-state index is 0. The van der Waals surface area contributed by atoms with Gasteiger partial charge in [0.2, 0.25) is 5.75 Å². The van der Waals surface area contributed by atoms with Crippen LogP contribution in [-0.2, 0) is 13.0 Å². The molecular weight excluding hydrogens is 507 g/mol. The van der Waals surface area contributed by atoms with E-state index in [1.807, 2.05) is 12.1 Å². The first-order valence-corrected chi connectivity index (χ1v) is 9.90. The highest BCUT2D eigenvalue weighted by molar-refractivity contribution is 14.0. The summed E-state index contributed by atoms with van der Waals surface area (Å²) in [7, 11) is 6.59. The van der Waals surface area contributed by atoms with Gasteiger partial charge in [-0.3, -0.25) is 4.99 Å². The first-order chi connectivity index (χ1) is 14.6. The Balaban J connectivity index is 0.00000341. The Morgan fingerprint density at radius 1 is 1.00 bits per heavy atom. The van der Waals surface area contributed by atoms with Crippen LogP contribution >= 0.6 is 24.0 Å². The molecule has 0 spiro atoms. The highest BCUT2D eigenvalue weighted by atomic mass is 127. The monoisotopic (exact) mass is 538 g/mol. The molecule has 3 rings (SSSR count). The molecule has 0 unspecified atom stereocenters. The lowest BCUT2D eigenvalue weighted by Crippen LogP contribution is -2.37. The lowest BCUT2D eigenvalue weighted by molar-refractivity contribution is 0.323. The van der Waals surface area contributed by atoms with E-state index in [4.69, 9.17) is 14.2 Å². The van der Waals surface area contributed by atoms with Crippen LogP contribution in [0.2, 0.25) is 0 Å². The second-order valence-electron chi connectivity index (χ2n) is 6.91. The summed E-state index contributed by atoms with van der Waals surface area (Å²) in [6.07, 6.45) is 0.904. The molecule has 8 heteroatoms. The number of rotatable bonds is 8. The van der Waals surface area contributed by atoms with E-state index >= 15 is 0 Å². The van der Waals surface area contributed by atoms with Gasteiger partial charge in [-0.05, 0) is 42.7 Å². The maximum atomic E-state index is 5.42. The highest BCUT2D eigenvalue weighted by Gasteiger charge is 2.13. The first kappa shape index (κ1) is 24.6. The zero-order valence-corrected chi connectivity index (χ0v) is 21.0. The van der Waals surface area contributed by atoms with Crippen LogP contribution in [0.4, 0.5) is 0 Å². The van der Waals surface area contributed by atoms with Crippen LogP contribution in [-0.4, -0.2) is 45.9 Å². The zero-order chi connectivity index (χ0) is 21.5. The van der Waals surface area contributed by atoms with Crippen LogP contribution in [0, 0.1) is 6.92 Å². The van der Waals surface area contributed by atoms with Crippen LogP contribution in [0.3, 0.4) is 0 Å². The number of H-pyrrole nitrogens is 1. The molecule has 3 aromatic rings. The number of methoxy groups -OCH3 is 3. The number of halogens is 1. The third kappa shape index (κ3) is 5.75. The third-order valence-electron chi connectivity index (χ3n) is 5.10. The van der Waals surface area contributed by atoms with Crippen molar-refractivity contribution in [2.75, 3.05) is 34.9 Å². The minimum Gasteiger partial charge on any atom is -0.493 e. The Kier molecular flexibility index (Phi) is 9.29. The van der Waals surface area contributed by atoms with Gasteiger partial charge >= 0.3 is 0 Å². The molecule has 3 N–H and O–H groups in total. The predicted molar refractivity (Wildman–Crippen MR) is 136 cm³/mol. The fourth-order valence-corrected chi connectivity index (χ4v) is 3.61. The van der Waals surface area contributed by atoms with Crippen molar-refractivity contribution in [1.29, 1.82) is 0 Å². The van der Waals surface area contributed by atoms with Crippen molar-refractivity contribution >= 4 is 40.8 Å². The first-order valence-electron chi connectivity index (χ1n) is 9.90. The molecule has 1 aromatic heterocycles. The molecule has 0 bridgehead atoms. The standard InChI is InChI=1S/C23H30N4O3.HI/c1-15-17(18-8-6-7-9-19(18)27-15)10-11-25-23(24-2)26-14-16-12-20(28-3)22(30-5)21(13-16)29-4;/h6-9,12-13,27H,10-11,14H2,1-5H3,(H2,24,25,26);1H. The van der Waals surface area contributed by atoms with Gasteiger partial charge in [0.15, 0.2) is 17.5 Å². The van der Waals surface area contributed by atoms with Crippen molar-refractivity contribution in [3.05, 3.63) is 53.2 Å². The van der Waals surface area contributed by atoms with Crippen molar-refractivity contribution in [2.24, 2.45) is 4.99 Å². The Labute approximate surface area is 200 Å². The van der Waals surface area contributed by atoms with E-state index in [0.717, 1.165) is 24.5 Å². The van der Waals surface area contributed by atoms with Crippen LogP contribution in [0.15, 0.2) is 41.4 Å². The van der Waals surface area contributed by atoms with E-state index in [1.54, 1.807) is 28.4 Å². The normalized spacial score (nSPS) is 11.1. The molecular formula is C23H31IN4O3. The SMILES string of the molecule is CN=C(NCCc1c(C)[nH]c2ccccc12)NCc1cc(OC)c(OC)c(OC)c1.I. The number of fused-ring (bicyclic) bond motifs is 1. The molecule has 0 saturated heterocycles. The molecule has 0 atom stereocenters. The van der Waals surface area contributed by atoms with Gasteiger partial charge in [0.25, 0.3) is 0 Å². The molecule has 31 heavy (non-hydrogen) atoms. The van der Waals surface area contributed by atoms with Crippen molar-refractivity contribution in [3.8, 4) is 17.2 Å². The summed E-state index contributed by atoms with van der Waals surface area (Å²) in [5.74, 6) is 2.58. The van der Waals surface area contributed by atoms with Crippen LogP contribution < -0.4 is 24.8 Å². The number of ether oxygens (including phenoxy) is 3. The number of nitrogens with one attached hydrogen (secondary N) is 3. The Morgan fingerprint density at radius 3 is 2.29 bits per heavy atom. The molecule has 7 nitrogen and oxygen atoms in total. The number of hydrogen-bond acceptors (Lipinski definition) is 4. The van der Waals surface area contributed by atoms with Gasteiger partial charge < -0.3 is 29.8 Å². The lowest BCUT2D eigenvalue weighted by atomic mass is 10.1. The molecule has 0 aliphatic carbocycles. The summed E-state index contributed by atoms with van der Waals surface area (Å²) >= 11 is 0. The van der Waals surface area contributed by atoms with Crippen molar-refractivity contribution in [1.82, 2.24) is 15.6 Å². The van der Waals surface area contributed by atoms with E-state index in [2.05, 4.69) is 51.8 Å². The van der Waals surface area contributed by atoms with Crippen LogP contribution in [0.5, 0.6) is 17.2 Å². The Hall–Kier alpha value is -2.62. The summed E-state index contributed by atoms with van der Waals surface area (Å²) < 4.78 is 16.2. The molecule has 0 fully saturated rings. The van der Waals surface area contributed by atoms with E-state index in [1.165, 1.54) is 22.2 Å². The number of hydrogen-bond donors (Lipinski definition) is 3. The van der Waals surface area contributed by atoms with Gasteiger partial charge in [0, 0.05) is 36.7 Å². The molecule has 0 amide bonds. The maximum Gasteiger partial charge on any atom is 0.203 e. The number of aliphatic imine (C=N–C) groups is 1. The number of aryl methyl sites for hydroxylation is 1. The van der Waals surface area contributed by atoms with E-state index < -0.39 is 0 Å². The van der Waals surface area contributed by atoms with Gasteiger partial charge in [-0.1, -0.05) is 18.2 Å².